The van der Waals surface area contributed by atoms with E-state index in [-0.39, 0.29) is 0 Å². The summed E-state index contributed by atoms with van der Waals surface area (Å²) >= 11 is 0. The van der Waals surface area contributed by atoms with Gasteiger partial charge in [0.05, 0.1) is 11.0 Å². The van der Waals surface area contributed by atoms with Crippen LogP contribution in [0.15, 0.2) is 66.7 Å². The van der Waals surface area contributed by atoms with E-state index in [9.17, 15) is 0 Å². The van der Waals surface area contributed by atoms with Gasteiger partial charge < -0.3 is 4.57 Å². The number of hydrogen-bond acceptors (Lipinski definition) is 0. The van der Waals surface area contributed by atoms with Crippen molar-refractivity contribution < 1.29 is 0 Å². The fraction of sp³-hybridized carbons (Fsp3) is 0.167. The first-order valence-corrected chi connectivity index (χ1v) is 9.02. The highest BCUT2D eigenvalue weighted by molar-refractivity contribution is 6.11. The lowest BCUT2D eigenvalue weighted by atomic mass is 9.88. The molecule has 0 saturated heterocycles. The highest BCUT2D eigenvalue weighted by Crippen LogP contribution is 2.38. The molecule has 25 heavy (non-hydrogen) atoms. The molecule has 1 nitrogen and oxygen atoms in total. The number of fused-ring (bicyclic) bond motifs is 5. The average Bonchev–Trinajstić information content (AvgIpc) is 2.97. The molecule has 122 valence electrons. The van der Waals surface area contributed by atoms with E-state index in [1.807, 2.05) is 0 Å². The fourth-order valence-corrected chi connectivity index (χ4v) is 4.15. The van der Waals surface area contributed by atoms with Crippen LogP contribution >= 0.6 is 0 Å². The molecule has 0 N–H and O–H groups in total. The molecule has 1 aliphatic carbocycles. The van der Waals surface area contributed by atoms with Crippen molar-refractivity contribution in [1.82, 2.24) is 4.57 Å². The Labute approximate surface area is 148 Å². The van der Waals surface area contributed by atoms with Crippen LogP contribution in [-0.4, -0.2) is 4.57 Å². The Morgan fingerprint density at radius 2 is 1.68 bits per heavy atom. The van der Waals surface area contributed by atoms with Gasteiger partial charge in [-0.2, -0.15) is 0 Å². The van der Waals surface area contributed by atoms with Gasteiger partial charge in [0.25, 0.3) is 0 Å². The summed E-state index contributed by atoms with van der Waals surface area (Å²) in [6.07, 6.45) is 5.74. The minimum atomic E-state index is 0.597. The largest absolute Gasteiger partial charge is 0.309 e. The summed E-state index contributed by atoms with van der Waals surface area (Å²) in [5, 5.41) is 2.78. The third kappa shape index (κ3) is 2.16. The van der Waals surface area contributed by atoms with Gasteiger partial charge in [-0.3, -0.25) is 0 Å². The molecule has 0 amide bonds. The van der Waals surface area contributed by atoms with Crippen LogP contribution in [0.1, 0.15) is 23.6 Å². The number of nitrogens with zero attached hydrogens (tertiary/aromatic N) is 1. The number of aryl methyl sites for hydroxylation is 1. The predicted octanol–water partition coefficient (Wildman–Crippen LogP) is 6.30. The van der Waals surface area contributed by atoms with Gasteiger partial charge in [0.2, 0.25) is 0 Å². The van der Waals surface area contributed by atoms with Gasteiger partial charge in [0.15, 0.2) is 0 Å². The van der Waals surface area contributed by atoms with Crippen molar-refractivity contribution in [2.45, 2.75) is 20.3 Å². The maximum atomic E-state index is 2.41. The summed E-state index contributed by atoms with van der Waals surface area (Å²) in [5.74, 6) is 0.597. The Bertz CT molecular complexity index is 1130. The van der Waals surface area contributed by atoms with Crippen molar-refractivity contribution in [2.24, 2.45) is 5.92 Å². The van der Waals surface area contributed by atoms with Crippen LogP contribution in [0, 0.1) is 12.8 Å². The van der Waals surface area contributed by atoms with E-state index >= 15 is 0 Å². The van der Waals surface area contributed by atoms with Gasteiger partial charge in [0.1, 0.15) is 0 Å². The normalized spacial score (nSPS) is 16.5. The summed E-state index contributed by atoms with van der Waals surface area (Å²) in [6, 6.07) is 22.2. The molecule has 1 atom stereocenters. The summed E-state index contributed by atoms with van der Waals surface area (Å²) in [5.41, 5.74) is 7.99. The fourth-order valence-electron chi connectivity index (χ4n) is 4.15. The minimum Gasteiger partial charge on any atom is -0.309 e. The molecule has 3 aromatic carbocycles. The number of hydrogen-bond donors (Lipinski definition) is 0. The smallest absolute Gasteiger partial charge is 0.0544 e. The molecule has 0 spiro atoms. The zero-order valence-corrected chi connectivity index (χ0v) is 14.7. The van der Waals surface area contributed by atoms with Crippen LogP contribution in [0.3, 0.4) is 0 Å². The molecule has 5 rings (SSSR count). The number of rotatable bonds is 1. The van der Waals surface area contributed by atoms with E-state index < -0.39 is 0 Å². The molecule has 0 aliphatic heterocycles. The van der Waals surface area contributed by atoms with Crippen molar-refractivity contribution in [3.63, 3.8) is 0 Å². The highest BCUT2D eigenvalue weighted by Gasteiger charge is 2.19. The van der Waals surface area contributed by atoms with Crippen LogP contribution in [0.4, 0.5) is 0 Å². The predicted molar refractivity (Wildman–Crippen MR) is 107 cm³/mol. The van der Waals surface area contributed by atoms with E-state index in [1.54, 1.807) is 0 Å². The quantitative estimate of drug-likeness (QED) is 0.387. The summed E-state index contributed by atoms with van der Waals surface area (Å²) < 4.78 is 2.41. The zero-order valence-electron chi connectivity index (χ0n) is 14.7. The minimum absolute atomic E-state index is 0.597. The Balaban J connectivity index is 1.93. The van der Waals surface area contributed by atoms with Crippen molar-refractivity contribution >= 4 is 27.9 Å². The molecule has 1 aromatic heterocycles. The van der Waals surface area contributed by atoms with Crippen LogP contribution in [-0.2, 0) is 6.42 Å². The molecule has 0 bridgehead atoms. The third-order valence-corrected chi connectivity index (χ3v) is 5.40. The maximum absolute atomic E-state index is 2.41. The molecule has 4 aromatic rings. The van der Waals surface area contributed by atoms with Gasteiger partial charge >= 0.3 is 0 Å². The molecule has 0 radical (unpaired) electrons. The third-order valence-electron chi connectivity index (χ3n) is 5.40. The van der Waals surface area contributed by atoms with Gasteiger partial charge in [0, 0.05) is 16.5 Å². The number of aromatic nitrogens is 1. The Kier molecular flexibility index (Phi) is 3.11. The number of allylic oxidation sites excluding steroid dienone is 1. The molecule has 0 fully saturated rings. The van der Waals surface area contributed by atoms with E-state index in [2.05, 4.69) is 91.2 Å². The van der Waals surface area contributed by atoms with E-state index in [0.717, 1.165) is 6.42 Å². The van der Waals surface area contributed by atoms with Crippen molar-refractivity contribution in [3.8, 4) is 5.69 Å². The second kappa shape index (κ2) is 5.35. The van der Waals surface area contributed by atoms with E-state index in [1.165, 1.54) is 44.2 Å². The second-order valence-electron chi connectivity index (χ2n) is 7.26. The Morgan fingerprint density at radius 1 is 0.880 bits per heavy atom. The molecule has 1 heterocycles. The second-order valence-corrected chi connectivity index (χ2v) is 7.26. The molecule has 1 unspecified atom stereocenters. The van der Waals surface area contributed by atoms with Gasteiger partial charge in [-0.25, -0.2) is 0 Å². The van der Waals surface area contributed by atoms with E-state index in [0.29, 0.717) is 5.92 Å². The zero-order chi connectivity index (χ0) is 17.0. The van der Waals surface area contributed by atoms with Crippen molar-refractivity contribution in [2.75, 3.05) is 0 Å². The lowest BCUT2D eigenvalue weighted by Crippen LogP contribution is -2.04. The number of benzene rings is 3. The Morgan fingerprint density at radius 3 is 2.52 bits per heavy atom. The van der Waals surface area contributed by atoms with Gasteiger partial charge in [-0.1, -0.05) is 61.0 Å². The van der Waals surface area contributed by atoms with Gasteiger partial charge in [-0.15, -0.1) is 0 Å². The van der Waals surface area contributed by atoms with Crippen molar-refractivity contribution in [3.05, 3.63) is 83.4 Å². The standard InChI is InChI=1S/C24H21N/c1-16-8-12-19(13-9-16)25-22-6-4-3-5-20(22)24-21-15-17(2)7-10-18(21)11-14-23(24)25/h3-14,17H,15H2,1-2H3. The van der Waals surface area contributed by atoms with Crippen LogP contribution in [0.5, 0.6) is 0 Å². The first-order valence-electron chi connectivity index (χ1n) is 9.02. The SMILES string of the molecule is Cc1ccc(-n2c3ccccc3c3c4c(ccc32)C=CC(C)C4)cc1. The van der Waals surface area contributed by atoms with E-state index in [4.69, 9.17) is 0 Å². The Hall–Kier alpha value is -2.80. The molecule has 0 saturated carbocycles. The first kappa shape index (κ1) is 14.5. The molecular formula is C24H21N. The van der Waals surface area contributed by atoms with Crippen molar-refractivity contribution in [1.29, 1.82) is 0 Å². The van der Waals surface area contributed by atoms with Gasteiger partial charge in [-0.05, 0) is 54.7 Å². The monoisotopic (exact) mass is 323 g/mol. The summed E-state index contributed by atoms with van der Waals surface area (Å²) in [7, 11) is 0. The summed E-state index contributed by atoms with van der Waals surface area (Å²) in [6.45, 7) is 4.44. The lowest BCUT2D eigenvalue weighted by molar-refractivity contribution is 0.721. The molecule has 1 heteroatoms. The van der Waals surface area contributed by atoms with Crippen LogP contribution in [0.25, 0.3) is 33.6 Å². The number of para-hydroxylation sites is 1. The average molecular weight is 323 g/mol. The summed E-state index contributed by atoms with van der Waals surface area (Å²) in [4.78, 5) is 0. The topological polar surface area (TPSA) is 4.93 Å². The first-order chi connectivity index (χ1) is 12.2. The molecule has 1 aliphatic rings. The van der Waals surface area contributed by atoms with Crippen LogP contribution in [0.2, 0.25) is 0 Å². The highest BCUT2D eigenvalue weighted by atomic mass is 15.0. The maximum Gasteiger partial charge on any atom is 0.0544 e. The molecular weight excluding hydrogens is 302 g/mol. The van der Waals surface area contributed by atoms with Crippen LogP contribution < -0.4 is 0 Å². The lowest BCUT2D eigenvalue weighted by Gasteiger charge is -2.17.